The van der Waals surface area contributed by atoms with Crippen LogP contribution in [-0.2, 0) is 0 Å². The van der Waals surface area contributed by atoms with Gasteiger partial charge in [0, 0.05) is 23.3 Å². The lowest BCUT2D eigenvalue weighted by Gasteiger charge is -1.99. The lowest BCUT2D eigenvalue weighted by atomic mass is 10.1. The number of nitro groups is 1. The number of aromatic nitrogens is 1. The zero-order chi connectivity index (χ0) is 15.0. The fraction of sp³-hybridized carbons (Fsp3) is 0.133. The van der Waals surface area contributed by atoms with Crippen LogP contribution in [0.1, 0.15) is 5.56 Å². The zero-order valence-corrected chi connectivity index (χ0v) is 11.5. The van der Waals surface area contributed by atoms with Crippen LogP contribution in [0, 0.1) is 17.0 Å². The molecule has 21 heavy (non-hydrogen) atoms. The number of hydrogen-bond acceptors (Lipinski definition) is 5. The van der Waals surface area contributed by atoms with Crippen molar-refractivity contribution in [2.24, 2.45) is 0 Å². The molecule has 0 amide bonds. The average molecular weight is 284 g/mol. The molecule has 0 saturated carbocycles. The summed E-state index contributed by atoms with van der Waals surface area (Å²) >= 11 is 0. The van der Waals surface area contributed by atoms with Crippen molar-refractivity contribution in [3.8, 4) is 17.2 Å². The van der Waals surface area contributed by atoms with Crippen molar-refractivity contribution in [3.63, 3.8) is 0 Å². The Labute approximate surface area is 120 Å². The topological polar surface area (TPSA) is 78.4 Å². The molecule has 1 aromatic heterocycles. The van der Waals surface area contributed by atoms with Crippen molar-refractivity contribution in [3.05, 3.63) is 52.1 Å². The van der Waals surface area contributed by atoms with Crippen molar-refractivity contribution in [1.29, 1.82) is 0 Å². The summed E-state index contributed by atoms with van der Waals surface area (Å²) in [5.74, 6) is 1.03. The lowest BCUT2D eigenvalue weighted by Crippen LogP contribution is -1.92. The Kier molecular flexibility index (Phi) is 3.06. The average Bonchev–Trinajstić information content (AvgIpc) is 2.90. The standard InChI is InChI=1S/C15H12N2O4/c1-9-3-4-10(7-13(9)17(18)19)15-16-12-8-11(20-2)5-6-14(12)21-15/h3-8H,1-2H3. The van der Waals surface area contributed by atoms with Gasteiger partial charge in [0.2, 0.25) is 5.89 Å². The highest BCUT2D eigenvalue weighted by molar-refractivity contribution is 5.78. The number of oxazole rings is 1. The van der Waals surface area contributed by atoms with E-state index >= 15 is 0 Å². The predicted molar refractivity (Wildman–Crippen MR) is 77.4 cm³/mol. The first-order valence-electron chi connectivity index (χ1n) is 6.28. The van der Waals surface area contributed by atoms with E-state index in [4.69, 9.17) is 9.15 Å². The Bertz CT molecular complexity index is 839. The molecular weight excluding hydrogens is 272 g/mol. The molecule has 3 rings (SSSR count). The summed E-state index contributed by atoms with van der Waals surface area (Å²) in [6, 6.07) is 10.2. The smallest absolute Gasteiger partial charge is 0.273 e. The Balaban J connectivity index is 2.12. The van der Waals surface area contributed by atoms with Crippen LogP contribution in [0.15, 0.2) is 40.8 Å². The van der Waals surface area contributed by atoms with Crippen LogP contribution in [0.5, 0.6) is 5.75 Å². The molecular formula is C15H12N2O4. The monoisotopic (exact) mass is 284 g/mol. The van der Waals surface area contributed by atoms with Crippen molar-refractivity contribution in [2.45, 2.75) is 6.92 Å². The van der Waals surface area contributed by atoms with Crippen LogP contribution in [0.3, 0.4) is 0 Å². The molecule has 0 aliphatic carbocycles. The molecule has 0 fully saturated rings. The molecule has 0 saturated heterocycles. The molecule has 0 atom stereocenters. The minimum atomic E-state index is -0.412. The van der Waals surface area contributed by atoms with Crippen LogP contribution in [0.25, 0.3) is 22.6 Å². The summed E-state index contributed by atoms with van der Waals surface area (Å²) in [5, 5.41) is 11.0. The second kappa shape index (κ2) is 4.90. The first kappa shape index (κ1) is 13.1. The van der Waals surface area contributed by atoms with E-state index in [0.717, 1.165) is 0 Å². The van der Waals surface area contributed by atoms with Gasteiger partial charge in [-0.05, 0) is 25.1 Å². The predicted octanol–water partition coefficient (Wildman–Crippen LogP) is 3.72. The molecule has 0 aliphatic heterocycles. The molecule has 1 heterocycles. The fourth-order valence-electron chi connectivity index (χ4n) is 2.10. The van der Waals surface area contributed by atoms with E-state index in [0.29, 0.717) is 33.9 Å². The quantitative estimate of drug-likeness (QED) is 0.541. The van der Waals surface area contributed by atoms with Gasteiger partial charge in [-0.2, -0.15) is 0 Å². The van der Waals surface area contributed by atoms with Gasteiger partial charge in [-0.1, -0.05) is 6.07 Å². The van der Waals surface area contributed by atoms with E-state index in [1.54, 1.807) is 44.4 Å². The first-order chi connectivity index (χ1) is 10.1. The van der Waals surface area contributed by atoms with Crippen molar-refractivity contribution >= 4 is 16.8 Å². The van der Waals surface area contributed by atoms with E-state index in [1.807, 2.05) is 0 Å². The second-order valence-electron chi connectivity index (χ2n) is 4.61. The number of nitrogens with zero attached hydrogens (tertiary/aromatic N) is 2. The van der Waals surface area contributed by atoms with Gasteiger partial charge in [0.05, 0.1) is 12.0 Å². The van der Waals surface area contributed by atoms with Crippen LogP contribution in [0.2, 0.25) is 0 Å². The minimum absolute atomic E-state index is 0.0485. The molecule has 0 spiro atoms. The van der Waals surface area contributed by atoms with Crippen LogP contribution in [0.4, 0.5) is 5.69 Å². The third-order valence-corrected chi connectivity index (χ3v) is 3.25. The summed E-state index contributed by atoms with van der Waals surface area (Å²) in [6.45, 7) is 1.69. The van der Waals surface area contributed by atoms with E-state index in [9.17, 15) is 10.1 Å². The fourth-order valence-corrected chi connectivity index (χ4v) is 2.10. The number of benzene rings is 2. The van der Waals surface area contributed by atoms with E-state index < -0.39 is 4.92 Å². The lowest BCUT2D eigenvalue weighted by molar-refractivity contribution is -0.385. The van der Waals surface area contributed by atoms with Crippen LogP contribution < -0.4 is 4.74 Å². The molecule has 0 aliphatic rings. The Hall–Kier alpha value is -2.89. The number of nitro benzene ring substituents is 1. The summed E-state index contributed by atoms with van der Waals surface area (Å²) in [4.78, 5) is 14.9. The first-order valence-corrected chi connectivity index (χ1v) is 6.28. The molecule has 0 N–H and O–H groups in total. The number of rotatable bonds is 3. The highest BCUT2D eigenvalue weighted by Gasteiger charge is 2.15. The molecule has 3 aromatic rings. The van der Waals surface area contributed by atoms with Crippen LogP contribution in [-0.4, -0.2) is 17.0 Å². The number of aryl methyl sites for hydroxylation is 1. The Morgan fingerprint density at radius 1 is 1.24 bits per heavy atom. The number of fused-ring (bicyclic) bond motifs is 1. The summed E-state index contributed by atoms with van der Waals surface area (Å²) in [7, 11) is 1.57. The summed E-state index contributed by atoms with van der Waals surface area (Å²) in [6.07, 6.45) is 0. The van der Waals surface area contributed by atoms with Gasteiger partial charge in [0.1, 0.15) is 11.3 Å². The Morgan fingerprint density at radius 2 is 2.05 bits per heavy atom. The van der Waals surface area contributed by atoms with Crippen molar-refractivity contribution in [2.75, 3.05) is 7.11 Å². The van der Waals surface area contributed by atoms with Crippen molar-refractivity contribution in [1.82, 2.24) is 4.98 Å². The molecule has 0 bridgehead atoms. The third kappa shape index (κ3) is 2.31. The molecule has 0 radical (unpaired) electrons. The van der Waals surface area contributed by atoms with Crippen LogP contribution >= 0.6 is 0 Å². The van der Waals surface area contributed by atoms with Gasteiger partial charge >= 0.3 is 0 Å². The summed E-state index contributed by atoms with van der Waals surface area (Å²) in [5.41, 5.74) is 2.47. The van der Waals surface area contributed by atoms with Gasteiger partial charge in [-0.15, -0.1) is 0 Å². The van der Waals surface area contributed by atoms with Crippen molar-refractivity contribution < 1.29 is 14.1 Å². The molecule has 0 unspecified atom stereocenters. The molecule has 6 nitrogen and oxygen atoms in total. The molecule has 2 aromatic carbocycles. The maximum Gasteiger partial charge on any atom is 0.273 e. The minimum Gasteiger partial charge on any atom is -0.497 e. The van der Waals surface area contributed by atoms with Gasteiger partial charge in [-0.25, -0.2) is 4.98 Å². The van der Waals surface area contributed by atoms with E-state index in [1.165, 1.54) is 6.07 Å². The van der Waals surface area contributed by atoms with Gasteiger partial charge < -0.3 is 9.15 Å². The van der Waals surface area contributed by atoms with Gasteiger partial charge in [0.25, 0.3) is 5.69 Å². The maximum atomic E-state index is 11.0. The highest BCUT2D eigenvalue weighted by atomic mass is 16.6. The number of methoxy groups -OCH3 is 1. The highest BCUT2D eigenvalue weighted by Crippen LogP contribution is 2.30. The third-order valence-electron chi connectivity index (χ3n) is 3.25. The summed E-state index contributed by atoms with van der Waals surface area (Å²) < 4.78 is 10.8. The van der Waals surface area contributed by atoms with E-state index in [2.05, 4.69) is 4.98 Å². The SMILES string of the molecule is COc1ccc2oc(-c3ccc(C)c([N+](=O)[O-])c3)nc2c1. The van der Waals surface area contributed by atoms with Gasteiger partial charge in [0.15, 0.2) is 5.58 Å². The van der Waals surface area contributed by atoms with E-state index in [-0.39, 0.29) is 5.69 Å². The zero-order valence-electron chi connectivity index (χ0n) is 11.5. The molecule has 106 valence electrons. The number of ether oxygens (including phenoxy) is 1. The second-order valence-corrected chi connectivity index (χ2v) is 4.61. The maximum absolute atomic E-state index is 11.0. The Morgan fingerprint density at radius 3 is 2.76 bits per heavy atom. The largest absolute Gasteiger partial charge is 0.497 e. The van der Waals surface area contributed by atoms with Gasteiger partial charge in [-0.3, -0.25) is 10.1 Å². The molecule has 6 heteroatoms. The normalized spacial score (nSPS) is 10.8. The number of hydrogen-bond donors (Lipinski definition) is 0.